The van der Waals surface area contributed by atoms with Crippen LogP contribution in [-0.2, 0) is 11.3 Å². The molecule has 1 aliphatic rings. The van der Waals surface area contributed by atoms with E-state index in [0.29, 0.717) is 12.0 Å². The van der Waals surface area contributed by atoms with Crippen molar-refractivity contribution in [3.63, 3.8) is 0 Å². The first-order chi connectivity index (χ1) is 10.6. The SMILES string of the molecule is O=C(O)c1cccc(C2NOC(Cc3ccccc3)[N+]2=O)c1. The minimum absolute atomic E-state index is 0.138. The van der Waals surface area contributed by atoms with E-state index in [-0.39, 0.29) is 5.56 Å². The van der Waals surface area contributed by atoms with Gasteiger partial charge in [0.15, 0.2) is 0 Å². The Morgan fingerprint density at radius 3 is 2.68 bits per heavy atom. The third-order valence-electron chi connectivity index (χ3n) is 3.56. The summed E-state index contributed by atoms with van der Waals surface area (Å²) in [5.41, 5.74) is 4.37. The van der Waals surface area contributed by atoms with Crippen LogP contribution >= 0.6 is 0 Å². The molecule has 0 aliphatic carbocycles. The number of nitrogens with zero attached hydrogens (tertiary/aromatic N) is 1. The predicted octanol–water partition coefficient (Wildman–Crippen LogP) is 2.27. The van der Waals surface area contributed by atoms with Crippen LogP contribution in [0, 0.1) is 4.91 Å². The molecule has 2 aromatic carbocycles. The fraction of sp³-hybridized carbons (Fsp3) is 0.188. The third-order valence-corrected chi connectivity index (χ3v) is 3.56. The van der Waals surface area contributed by atoms with Gasteiger partial charge in [-0.05, 0) is 17.7 Å². The Balaban J connectivity index is 1.76. The van der Waals surface area contributed by atoms with Gasteiger partial charge in [0.25, 0.3) is 0 Å². The quantitative estimate of drug-likeness (QED) is 0.847. The van der Waals surface area contributed by atoms with Crippen LogP contribution in [0.15, 0.2) is 54.6 Å². The van der Waals surface area contributed by atoms with Crippen molar-refractivity contribution in [3.8, 4) is 0 Å². The molecular formula is C16H15N2O4+. The number of carboxylic acid groups (broad SMARTS) is 1. The first-order valence-electron chi connectivity index (χ1n) is 6.89. The molecule has 22 heavy (non-hydrogen) atoms. The summed E-state index contributed by atoms with van der Waals surface area (Å²) in [4.78, 5) is 28.7. The van der Waals surface area contributed by atoms with Gasteiger partial charge in [0, 0.05) is 10.5 Å². The monoisotopic (exact) mass is 299 g/mol. The molecule has 3 rings (SSSR count). The van der Waals surface area contributed by atoms with E-state index in [1.807, 2.05) is 30.3 Å². The highest BCUT2D eigenvalue weighted by Crippen LogP contribution is 2.24. The molecule has 1 fully saturated rings. The fourth-order valence-electron chi connectivity index (χ4n) is 2.42. The fourth-order valence-corrected chi connectivity index (χ4v) is 2.42. The number of nitrogens with one attached hydrogen (secondary N) is 1. The van der Waals surface area contributed by atoms with Crippen molar-refractivity contribution in [2.75, 3.05) is 0 Å². The molecule has 2 atom stereocenters. The second kappa shape index (κ2) is 6.05. The maximum absolute atomic E-state index is 12.4. The van der Waals surface area contributed by atoms with Crippen molar-refractivity contribution >= 4 is 5.97 Å². The van der Waals surface area contributed by atoms with E-state index < -0.39 is 18.4 Å². The second-order valence-electron chi connectivity index (χ2n) is 5.07. The van der Waals surface area contributed by atoms with Crippen molar-refractivity contribution in [2.24, 2.45) is 0 Å². The molecule has 2 N–H and O–H groups in total. The lowest BCUT2D eigenvalue weighted by Gasteiger charge is -2.03. The van der Waals surface area contributed by atoms with Crippen LogP contribution in [0.1, 0.15) is 27.7 Å². The summed E-state index contributed by atoms with van der Waals surface area (Å²) in [6.45, 7) is 0. The van der Waals surface area contributed by atoms with Gasteiger partial charge in [-0.15, -0.1) is 5.48 Å². The molecule has 0 amide bonds. The van der Waals surface area contributed by atoms with Crippen LogP contribution in [0.2, 0.25) is 0 Å². The molecular weight excluding hydrogens is 284 g/mol. The number of hydrogen-bond acceptors (Lipinski definition) is 4. The van der Waals surface area contributed by atoms with Crippen LogP contribution in [0.5, 0.6) is 0 Å². The highest BCUT2D eigenvalue weighted by molar-refractivity contribution is 5.87. The maximum atomic E-state index is 12.4. The van der Waals surface area contributed by atoms with Gasteiger partial charge in [-0.2, -0.15) is 0 Å². The van der Waals surface area contributed by atoms with Gasteiger partial charge < -0.3 is 5.11 Å². The topological polar surface area (TPSA) is 78.6 Å². The van der Waals surface area contributed by atoms with Crippen molar-refractivity contribution in [1.82, 2.24) is 5.48 Å². The smallest absolute Gasteiger partial charge is 0.335 e. The van der Waals surface area contributed by atoms with Gasteiger partial charge in [0.1, 0.15) is 0 Å². The molecule has 2 unspecified atom stereocenters. The second-order valence-corrected chi connectivity index (χ2v) is 5.07. The summed E-state index contributed by atoms with van der Waals surface area (Å²) >= 11 is 0. The first-order valence-corrected chi connectivity index (χ1v) is 6.89. The van der Waals surface area contributed by atoms with E-state index in [4.69, 9.17) is 9.94 Å². The Kier molecular flexibility index (Phi) is 3.95. The van der Waals surface area contributed by atoms with E-state index in [9.17, 15) is 9.70 Å². The summed E-state index contributed by atoms with van der Waals surface area (Å²) < 4.78 is 0.813. The minimum Gasteiger partial charge on any atom is -0.478 e. The molecule has 2 aromatic rings. The highest BCUT2D eigenvalue weighted by Gasteiger charge is 2.44. The molecule has 1 heterocycles. The number of aromatic carboxylic acids is 1. The molecule has 0 radical (unpaired) electrons. The Hall–Kier alpha value is -2.57. The van der Waals surface area contributed by atoms with Gasteiger partial charge >= 0.3 is 18.4 Å². The summed E-state index contributed by atoms with van der Waals surface area (Å²) in [6.07, 6.45) is -0.916. The van der Waals surface area contributed by atoms with Gasteiger partial charge in [-0.25, -0.2) is 9.63 Å². The Morgan fingerprint density at radius 1 is 1.18 bits per heavy atom. The molecule has 6 heteroatoms. The van der Waals surface area contributed by atoms with Crippen LogP contribution in [0.3, 0.4) is 0 Å². The zero-order chi connectivity index (χ0) is 15.5. The van der Waals surface area contributed by atoms with Gasteiger partial charge in [-0.1, -0.05) is 42.5 Å². The van der Waals surface area contributed by atoms with Crippen LogP contribution in [0.25, 0.3) is 0 Å². The van der Waals surface area contributed by atoms with Crippen molar-refractivity contribution in [1.29, 1.82) is 0 Å². The lowest BCUT2D eigenvalue weighted by molar-refractivity contribution is -0.623. The van der Waals surface area contributed by atoms with Gasteiger partial charge in [-0.3, -0.25) is 0 Å². The van der Waals surface area contributed by atoms with Crippen LogP contribution in [-0.4, -0.2) is 22.1 Å². The number of carboxylic acids is 1. The summed E-state index contributed by atoms with van der Waals surface area (Å²) in [6, 6.07) is 15.8. The molecule has 0 aromatic heterocycles. The lowest BCUT2D eigenvalue weighted by atomic mass is 10.1. The largest absolute Gasteiger partial charge is 0.478 e. The number of rotatable bonds is 4. The highest BCUT2D eigenvalue weighted by atomic mass is 16.7. The minimum atomic E-state index is -1.03. The molecule has 0 spiro atoms. The van der Waals surface area contributed by atoms with Crippen molar-refractivity contribution in [3.05, 3.63) is 76.2 Å². The molecule has 6 nitrogen and oxygen atoms in total. The number of hydroxylamine groups is 1. The van der Waals surface area contributed by atoms with Crippen LogP contribution in [0.4, 0.5) is 0 Å². The average molecular weight is 299 g/mol. The third kappa shape index (κ3) is 2.88. The first kappa shape index (κ1) is 14.4. The van der Waals surface area contributed by atoms with Crippen molar-refractivity contribution in [2.45, 2.75) is 18.8 Å². The molecule has 1 saturated heterocycles. The van der Waals surface area contributed by atoms with Gasteiger partial charge in [0.05, 0.1) is 16.7 Å². The molecule has 0 saturated carbocycles. The zero-order valence-electron chi connectivity index (χ0n) is 11.7. The normalized spacial score (nSPS) is 21.0. The average Bonchev–Trinajstić information content (AvgIpc) is 2.89. The number of nitroso groups, excluding NO2 is 1. The van der Waals surface area contributed by atoms with Crippen molar-refractivity contribution < 1.29 is 19.5 Å². The molecule has 112 valence electrons. The molecule has 0 bridgehead atoms. The van der Waals surface area contributed by atoms with Crippen LogP contribution < -0.4 is 5.48 Å². The Labute approximate surface area is 126 Å². The molecule has 1 aliphatic heterocycles. The number of carbonyl (C=O) groups is 1. The van der Waals surface area contributed by atoms with Gasteiger partial charge in [0.2, 0.25) is 0 Å². The summed E-state index contributed by atoms with van der Waals surface area (Å²) in [5.74, 6) is -1.03. The standard InChI is InChI=1S/C16H14N2O4/c19-16(20)13-8-4-7-12(10-13)15-17-22-14(18(15)21)9-11-5-2-1-3-6-11/h1-8,10,14-15,17H,9H2/p+1. The summed E-state index contributed by atoms with van der Waals surface area (Å²) in [5, 5.41) is 9.02. The van der Waals surface area contributed by atoms with E-state index in [2.05, 4.69) is 5.48 Å². The Morgan fingerprint density at radius 2 is 1.95 bits per heavy atom. The van der Waals surface area contributed by atoms with E-state index in [0.717, 1.165) is 10.3 Å². The zero-order valence-corrected chi connectivity index (χ0v) is 11.7. The summed E-state index contributed by atoms with van der Waals surface area (Å²) in [7, 11) is 0. The maximum Gasteiger partial charge on any atom is 0.335 e. The predicted molar refractivity (Wildman–Crippen MR) is 77.9 cm³/mol. The number of hydrogen-bond donors (Lipinski definition) is 2. The lowest BCUT2D eigenvalue weighted by Crippen LogP contribution is -2.23. The van der Waals surface area contributed by atoms with E-state index in [1.165, 1.54) is 12.1 Å². The van der Waals surface area contributed by atoms with E-state index >= 15 is 0 Å². The van der Waals surface area contributed by atoms with E-state index in [1.54, 1.807) is 12.1 Å². The Bertz CT molecular complexity index is 702. The number of benzene rings is 2.